The molecule has 1 aromatic heterocycles. The van der Waals surface area contributed by atoms with Crippen molar-refractivity contribution in [2.24, 2.45) is 0 Å². The Morgan fingerprint density at radius 1 is 1.35 bits per heavy atom. The molecule has 6 heteroatoms. The van der Waals surface area contributed by atoms with Crippen molar-refractivity contribution in [1.29, 1.82) is 0 Å². The Hall–Kier alpha value is -2.24. The number of hydrogen-bond acceptors (Lipinski definition) is 2. The maximum Gasteiger partial charge on any atom is 0.303 e. The van der Waals surface area contributed by atoms with Crippen LogP contribution in [0.5, 0.6) is 0 Å². The van der Waals surface area contributed by atoms with Gasteiger partial charge in [0, 0.05) is 11.8 Å². The average molecular weight is 320 g/mol. The van der Waals surface area contributed by atoms with Gasteiger partial charge in [0.1, 0.15) is 11.6 Å². The van der Waals surface area contributed by atoms with Gasteiger partial charge in [0.15, 0.2) is 0 Å². The Bertz CT molecular complexity index is 735. The van der Waals surface area contributed by atoms with E-state index in [4.69, 9.17) is 5.11 Å². The van der Waals surface area contributed by atoms with Crippen LogP contribution in [0.2, 0.25) is 0 Å². The third kappa shape index (κ3) is 3.25. The van der Waals surface area contributed by atoms with E-state index in [9.17, 15) is 13.6 Å². The molecule has 0 fully saturated rings. The molecule has 4 nitrogen and oxygen atoms in total. The van der Waals surface area contributed by atoms with E-state index in [0.717, 1.165) is 42.3 Å². The highest BCUT2D eigenvalue weighted by molar-refractivity contribution is 5.68. The van der Waals surface area contributed by atoms with Crippen LogP contribution >= 0.6 is 0 Å². The lowest BCUT2D eigenvalue weighted by Crippen LogP contribution is -2.16. The number of rotatable bonds is 4. The number of benzene rings is 1. The van der Waals surface area contributed by atoms with E-state index in [1.54, 1.807) is 4.68 Å². The number of halogens is 2. The zero-order valence-corrected chi connectivity index (χ0v) is 12.9. The van der Waals surface area contributed by atoms with E-state index in [0.29, 0.717) is 5.56 Å². The van der Waals surface area contributed by atoms with Crippen molar-refractivity contribution in [2.45, 2.75) is 45.1 Å². The van der Waals surface area contributed by atoms with Gasteiger partial charge in [0.2, 0.25) is 0 Å². The molecule has 1 aromatic carbocycles. The topological polar surface area (TPSA) is 55.1 Å². The Labute approximate surface area is 132 Å². The lowest BCUT2D eigenvalue weighted by Gasteiger charge is -2.22. The first-order valence-electron chi connectivity index (χ1n) is 7.67. The quantitative estimate of drug-likeness (QED) is 0.939. The number of fused-ring (bicyclic) bond motifs is 1. The molecule has 0 aliphatic heterocycles. The number of hydrogen-bond donors (Lipinski definition) is 1. The Morgan fingerprint density at radius 2 is 2.04 bits per heavy atom. The zero-order valence-electron chi connectivity index (χ0n) is 12.9. The number of aromatic nitrogens is 2. The fourth-order valence-corrected chi connectivity index (χ4v) is 3.52. The summed E-state index contributed by atoms with van der Waals surface area (Å²) in [6.07, 6.45) is 2.63. The molecular formula is C17H18F2N2O2. The maximum absolute atomic E-state index is 13.3. The summed E-state index contributed by atoms with van der Waals surface area (Å²) in [4.78, 5) is 11.1. The van der Waals surface area contributed by atoms with Crippen LogP contribution in [0.3, 0.4) is 0 Å². The summed E-state index contributed by atoms with van der Waals surface area (Å²) in [5, 5.41) is 13.6. The van der Waals surface area contributed by atoms with Crippen molar-refractivity contribution in [3.8, 4) is 0 Å². The predicted molar refractivity (Wildman–Crippen MR) is 80.4 cm³/mol. The van der Waals surface area contributed by atoms with Gasteiger partial charge in [-0.05, 0) is 55.4 Å². The number of carbonyl (C=O) groups is 1. The van der Waals surface area contributed by atoms with Gasteiger partial charge < -0.3 is 5.11 Å². The lowest BCUT2D eigenvalue weighted by molar-refractivity contribution is -0.137. The van der Waals surface area contributed by atoms with Gasteiger partial charge in [0.05, 0.1) is 18.7 Å². The predicted octanol–water partition coefficient (Wildman–Crippen LogP) is 3.41. The fraction of sp³-hybridized carbons (Fsp3) is 0.412. The lowest BCUT2D eigenvalue weighted by atomic mass is 9.83. The third-order valence-corrected chi connectivity index (χ3v) is 4.33. The third-order valence-electron chi connectivity index (χ3n) is 4.33. The van der Waals surface area contributed by atoms with Gasteiger partial charge in [-0.25, -0.2) is 8.78 Å². The van der Waals surface area contributed by atoms with Crippen molar-refractivity contribution in [2.75, 3.05) is 0 Å². The van der Waals surface area contributed by atoms with Crippen molar-refractivity contribution in [3.63, 3.8) is 0 Å². The van der Waals surface area contributed by atoms with Crippen LogP contribution in [0.4, 0.5) is 8.78 Å². The summed E-state index contributed by atoms with van der Waals surface area (Å²) in [7, 11) is 0. The summed E-state index contributed by atoms with van der Waals surface area (Å²) < 4.78 is 28.4. The van der Waals surface area contributed by atoms with E-state index in [1.807, 2.05) is 6.92 Å². The summed E-state index contributed by atoms with van der Waals surface area (Å²) in [6.45, 7) is 2.15. The average Bonchev–Trinajstić information content (AvgIpc) is 2.74. The molecule has 2 aromatic rings. The van der Waals surface area contributed by atoms with E-state index >= 15 is 0 Å². The van der Waals surface area contributed by atoms with Gasteiger partial charge >= 0.3 is 5.97 Å². The van der Waals surface area contributed by atoms with Gasteiger partial charge in [-0.1, -0.05) is 0 Å². The molecule has 0 spiro atoms. The number of aryl methyl sites for hydroxylation is 1. The van der Waals surface area contributed by atoms with Crippen molar-refractivity contribution >= 4 is 5.97 Å². The molecule has 122 valence electrons. The van der Waals surface area contributed by atoms with Crippen LogP contribution in [0.25, 0.3) is 0 Å². The van der Waals surface area contributed by atoms with Crippen LogP contribution < -0.4 is 0 Å². The smallest absolute Gasteiger partial charge is 0.303 e. The second kappa shape index (κ2) is 6.10. The molecule has 0 bridgehead atoms. The minimum absolute atomic E-state index is 0.0331. The molecule has 1 atom stereocenters. The second-order valence-electron chi connectivity index (χ2n) is 6.07. The maximum atomic E-state index is 13.3. The molecule has 0 saturated heterocycles. The second-order valence-corrected chi connectivity index (χ2v) is 6.07. The van der Waals surface area contributed by atoms with Crippen LogP contribution in [-0.2, 0) is 17.8 Å². The highest BCUT2D eigenvalue weighted by atomic mass is 19.1. The van der Waals surface area contributed by atoms with Crippen molar-refractivity contribution < 1.29 is 18.7 Å². The Kier molecular flexibility index (Phi) is 4.15. The molecule has 0 radical (unpaired) electrons. The van der Waals surface area contributed by atoms with Crippen LogP contribution in [0, 0.1) is 18.6 Å². The largest absolute Gasteiger partial charge is 0.481 e. The fourth-order valence-electron chi connectivity index (χ4n) is 3.52. The molecule has 1 N–H and O–H groups in total. The molecule has 3 rings (SSSR count). The van der Waals surface area contributed by atoms with E-state index in [2.05, 4.69) is 5.10 Å². The highest BCUT2D eigenvalue weighted by Gasteiger charge is 2.28. The molecule has 0 amide bonds. The van der Waals surface area contributed by atoms with Crippen LogP contribution in [-0.4, -0.2) is 20.9 Å². The molecule has 1 aliphatic rings. The van der Waals surface area contributed by atoms with E-state index in [-0.39, 0.29) is 18.9 Å². The van der Waals surface area contributed by atoms with Gasteiger partial charge in [-0.15, -0.1) is 0 Å². The number of carboxylic acid groups (broad SMARTS) is 1. The zero-order chi connectivity index (χ0) is 16.6. The number of nitrogens with zero attached hydrogens (tertiary/aromatic N) is 2. The van der Waals surface area contributed by atoms with Gasteiger partial charge in [0.25, 0.3) is 0 Å². The standard InChI is InChI=1S/C17H18F2N2O2/c1-10-17-12(7-16(22)23)3-2-4-15(17)21(20-10)9-11-5-13(18)8-14(19)6-11/h5-6,8,12H,2-4,7,9H2,1H3,(H,22,23). The summed E-state index contributed by atoms with van der Waals surface area (Å²) >= 11 is 0. The summed E-state index contributed by atoms with van der Waals surface area (Å²) in [5.41, 5.74) is 3.30. The molecule has 1 aliphatic carbocycles. The first-order chi connectivity index (χ1) is 10.9. The molecule has 0 saturated carbocycles. The van der Waals surface area contributed by atoms with Gasteiger partial charge in [-0.2, -0.15) is 5.10 Å². The summed E-state index contributed by atoms with van der Waals surface area (Å²) in [6, 6.07) is 3.43. The van der Waals surface area contributed by atoms with E-state index < -0.39 is 17.6 Å². The molecular weight excluding hydrogens is 302 g/mol. The first-order valence-corrected chi connectivity index (χ1v) is 7.67. The van der Waals surface area contributed by atoms with Crippen LogP contribution in [0.1, 0.15) is 47.7 Å². The van der Waals surface area contributed by atoms with Crippen LogP contribution in [0.15, 0.2) is 18.2 Å². The molecule has 23 heavy (non-hydrogen) atoms. The Morgan fingerprint density at radius 3 is 2.70 bits per heavy atom. The normalized spacial score (nSPS) is 17.1. The van der Waals surface area contributed by atoms with E-state index in [1.165, 1.54) is 12.1 Å². The monoisotopic (exact) mass is 320 g/mol. The molecule has 1 unspecified atom stereocenters. The van der Waals surface area contributed by atoms with Gasteiger partial charge in [-0.3, -0.25) is 9.48 Å². The minimum Gasteiger partial charge on any atom is -0.481 e. The minimum atomic E-state index is -0.817. The Balaban J connectivity index is 1.94. The SMILES string of the molecule is Cc1nn(Cc2cc(F)cc(F)c2)c2c1C(CC(=O)O)CCC2. The first kappa shape index (κ1) is 15.6. The number of carboxylic acids is 1. The van der Waals surface area contributed by atoms with Crippen molar-refractivity contribution in [3.05, 3.63) is 52.3 Å². The highest BCUT2D eigenvalue weighted by Crippen LogP contribution is 2.36. The molecule has 1 heterocycles. The summed E-state index contributed by atoms with van der Waals surface area (Å²) in [5.74, 6) is -2.07. The van der Waals surface area contributed by atoms with Crippen molar-refractivity contribution in [1.82, 2.24) is 9.78 Å². The number of aliphatic carboxylic acids is 1.